The van der Waals surface area contributed by atoms with Gasteiger partial charge in [0.05, 0.1) is 6.04 Å². The molecular weight excluding hydrogens is 414 g/mol. The maximum atomic E-state index is 13.5. The number of benzene rings is 4. The molecule has 0 unspecified atom stereocenters. The van der Waals surface area contributed by atoms with Gasteiger partial charge in [-0.15, -0.1) is 0 Å². The molecule has 4 aromatic carbocycles. The van der Waals surface area contributed by atoms with Crippen molar-refractivity contribution in [2.45, 2.75) is 18.4 Å². The van der Waals surface area contributed by atoms with Gasteiger partial charge in [0, 0.05) is 27.8 Å². The van der Waals surface area contributed by atoms with E-state index in [2.05, 4.69) is 59.9 Å². The SMILES string of the molecule is O=C(c1ccccc1)c1cc(Cl)cc2c1N[C@H](c1cccc3ccccc13)[C@H]1CC=C[C@H]21. The highest BCUT2D eigenvalue weighted by atomic mass is 35.5. The molecule has 0 amide bonds. The minimum Gasteiger partial charge on any atom is -0.377 e. The molecule has 0 saturated carbocycles. The Bertz CT molecular complexity index is 1370. The maximum Gasteiger partial charge on any atom is 0.195 e. The highest BCUT2D eigenvalue weighted by Crippen LogP contribution is 2.52. The molecule has 6 rings (SSSR count). The van der Waals surface area contributed by atoms with E-state index in [9.17, 15) is 4.79 Å². The molecule has 2 aliphatic rings. The fraction of sp³-hybridized carbons (Fsp3) is 0.138. The molecule has 3 heteroatoms. The van der Waals surface area contributed by atoms with E-state index in [4.69, 9.17) is 11.6 Å². The van der Waals surface area contributed by atoms with E-state index in [-0.39, 0.29) is 17.7 Å². The Labute approximate surface area is 192 Å². The molecule has 0 aromatic heterocycles. The average molecular weight is 436 g/mol. The first-order valence-electron chi connectivity index (χ1n) is 11.0. The fourth-order valence-corrected chi connectivity index (χ4v) is 5.64. The van der Waals surface area contributed by atoms with Crippen LogP contribution in [0.5, 0.6) is 0 Å². The van der Waals surface area contributed by atoms with Gasteiger partial charge in [0.25, 0.3) is 0 Å². The normalized spacial score (nSPS) is 21.1. The van der Waals surface area contributed by atoms with Crippen LogP contribution in [-0.4, -0.2) is 5.78 Å². The van der Waals surface area contributed by atoms with Gasteiger partial charge in [-0.3, -0.25) is 4.79 Å². The lowest BCUT2D eigenvalue weighted by Gasteiger charge is -2.39. The molecule has 2 nitrogen and oxygen atoms in total. The smallest absolute Gasteiger partial charge is 0.195 e. The van der Waals surface area contributed by atoms with E-state index in [0.29, 0.717) is 22.1 Å². The quantitative estimate of drug-likeness (QED) is 0.266. The fourth-order valence-electron chi connectivity index (χ4n) is 5.42. The van der Waals surface area contributed by atoms with Gasteiger partial charge >= 0.3 is 0 Å². The second kappa shape index (κ2) is 7.65. The lowest BCUT2D eigenvalue weighted by molar-refractivity contribution is 0.103. The van der Waals surface area contributed by atoms with Gasteiger partial charge in [0.15, 0.2) is 5.78 Å². The van der Waals surface area contributed by atoms with Crippen LogP contribution in [0.1, 0.15) is 45.4 Å². The molecule has 1 N–H and O–H groups in total. The summed E-state index contributed by atoms with van der Waals surface area (Å²) in [5.41, 5.74) is 4.62. The van der Waals surface area contributed by atoms with Gasteiger partial charge in [0.1, 0.15) is 0 Å². The number of allylic oxidation sites excluding steroid dienone is 2. The molecule has 0 radical (unpaired) electrons. The van der Waals surface area contributed by atoms with Crippen LogP contribution in [0.25, 0.3) is 10.8 Å². The van der Waals surface area contributed by atoms with E-state index < -0.39 is 0 Å². The van der Waals surface area contributed by atoms with E-state index in [1.807, 2.05) is 42.5 Å². The summed E-state index contributed by atoms with van der Waals surface area (Å²) in [6, 6.07) is 28.4. The molecule has 1 aliphatic carbocycles. The van der Waals surface area contributed by atoms with E-state index >= 15 is 0 Å². The molecule has 1 heterocycles. The third-order valence-corrected chi connectivity index (χ3v) is 7.09. The van der Waals surface area contributed by atoms with E-state index in [0.717, 1.165) is 17.7 Å². The first-order valence-corrected chi connectivity index (χ1v) is 11.4. The van der Waals surface area contributed by atoms with Crippen LogP contribution < -0.4 is 5.32 Å². The lowest BCUT2D eigenvalue weighted by Crippen LogP contribution is -2.30. The van der Waals surface area contributed by atoms with Crippen molar-refractivity contribution in [3.05, 3.63) is 124 Å². The van der Waals surface area contributed by atoms with Gasteiger partial charge < -0.3 is 5.32 Å². The van der Waals surface area contributed by atoms with Crippen LogP contribution in [0.15, 0.2) is 97.1 Å². The number of carbonyl (C=O) groups excluding carboxylic acids is 1. The number of fused-ring (bicyclic) bond motifs is 4. The minimum atomic E-state index is -0.00561. The third kappa shape index (κ3) is 3.06. The Balaban J connectivity index is 1.53. The van der Waals surface area contributed by atoms with Crippen LogP contribution in [0.2, 0.25) is 5.02 Å². The van der Waals surface area contributed by atoms with Gasteiger partial charge in [-0.25, -0.2) is 0 Å². The minimum absolute atomic E-state index is 0.00561. The summed E-state index contributed by atoms with van der Waals surface area (Å²) in [5.74, 6) is 0.608. The predicted octanol–water partition coefficient (Wildman–Crippen LogP) is 7.55. The second-order valence-corrected chi connectivity index (χ2v) is 9.09. The molecule has 4 aromatic rings. The van der Waals surface area contributed by atoms with Crippen molar-refractivity contribution in [2.24, 2.45) is 5.92 Å². The predicted molar refractivity (Wildman–Crippen MR) is 132 cm³/mol. The summed E-state index contributed by atoms with van der Waals surface area (Å²) < 4.78 is 0. The zero-order valence-corrected chi connectivity index (χ0v) is 18.2. The van der Waals surface area contributed by atoms with Crippen molar-refractivity contribution in [2.75, 3.05) is 5.32 Å². The summed E-state index contributed by atoms with van der Waals surface area (Å²) in [5, 5.41) is 6.90. The number of halogens is 1. The molecule has 0 fully saturated rings. The Morgan fingerprint density at radius 3 is 2.53 bits per heavy atom. The highest BCUT2D eigenvalue weighted by molar-refractivity contribution is 6.31. The molecule has 0 bridgehead atoms. The van der Waals surface area contributed by atoms with Crippen molar-refractivity contribution in [3.63, 3.8) is 0 Å². The number of hydrogen-bond acceptors (Lipinski definition) is 2. The average Bonchev–Trinajstić information content (AvgIpc) is 3.33. The summed E-state index contributed by atoms with van der Waals surface area (Å²) >= 11 is 6.53. The summed E-state index contributed by atoms with van der Waals surface area (Å²) in [6.45, 7) is 0. The number of nitrogens with one attached hydrogen (secondary N) is 1. The van der Waals surface area contributed by atoms with Gasteiger partial charge in [0.2, 0.25) is 0 Å². The monoisotopic (exact) mass is 435 g/mol. The summed E-state index contributed by atoms with van der Waals surface area (Å²) in [4.78, 5) is 13.5. The molecular formula is C29H22ClNO. The molecule has 32 heavy (non-hydrogen) atoms. The third-order valence-electron chi connectivity index (χ3n) is 6.87. The number of carbonyl (C=O) groups is 1. The first kappa shape index (κ1) is 19.3. The van der Waals surface area contributed by atoms with E-state index in [1.165, 1.54) is 16.3 Å². The van der Waals surface area contributed by atoms with Crippen molar-refractivity contribution in [3.8, 4) is 0 Å². The highest BCUT2D eigenvalue weighted by Gasteiger charge is 2.40. The maximum absolute atomic E-state index is 13.5. The topological polar surface area (TPSA) is 29.1 Å². The van der Waals surface area contributed by atoms with Gasteiger partial charge in [-0.1, -0.05) is 96.5 Å². The Morgan fingerprint density at radius 1 is 0.875 bits per heavy atom. The van der Waals surface area contributed by atoms with Crippen LogP contribution in [0.3, 0.4) is 0 Å². The zero-order chi connectivity index (χ0) is 21.7. The van der Waals surface area contributed by atoms with Gasteiger partial charge in [-0.05, 0) is 46.4 Å². The van der Waals surface area contributed by atoms with Crippen molar-refractivity contribution < 1.29 is 4.79 Å². The molecule has 3 atom stereocenters. The molecule has 1 aliphatic heterocycles. The lowest BCUT2D eigenvalue weighted by atomic mass is 9.75. The van der Waals surface area contributed by atoms with Crippen molar-refractivity contribution in [1.82, 2.24) is 0 Å². The molecule has 0 spiro atoms. The number of anilines is 1. The van der Waals surface area contributed by atoms with Crippen LogP contribution in [0, 0.1) is 5.92 Å². The van der Waals surface area contributed by atoms with Crippen LogP contribution >= 0.6 is 11.6 Å². The molecule has 156 valence electrons. The second-order valence-electron chi connectivity index (χ2n) is 8.66. The van der Waals surface area contributed by atoms with Gasteiger partial charge in [-0.2, -0.15) is 0 Å². The Morgan fingerprint density at radius 2 is 1.66 bits per heavy atom. The van der Waals surface area contributed by atoms with E-state index in [1.54, 1.807) is 0 Å². The van der Waals surface area contributed by atoms with Crippen molar-refractivity contribution in [1.29, 1.82) is 0 Å². The molecule has 0 saturated heterocycles. The summed E-state index contributed by atoms with van der Waals surface area (Å²) in [6.07, 6.45) is 5.55. The zero-order valence-electron chi connectivity index (χ0n) is 17.5. The van der Waals surface area contributed by atoms with Crippen LogP contribution in [0.4, 0.5) is 5.69 Å². The van der Waals surface area contributed by atoms with Crippen LogP contribution in [-0.2, 0) is 0 Å². The standard InChI is InChI=1S/C29H22ClNO/c30-20-16-25-22-13-7-15-24(22)27(23-14-6-11-18-8-4-5-12-21(18)23)31-28(25)26(17-20)29(32)19-9-2-1-3-10-19/h1-14,16-17,22,24,27,31H,15H2/t22-,24-,27+/m0/s1. The Kier molecular flexibility index (Phi) is 4.62. The number of hydrogen-bond donors (Lipinski definition) is 1. The number of ketones is 1. The largest absolute Gasteiger partial charge is 0.377 e. The number of rotatable bonds is 3. The Hall–Kier alpha value is -3.36. The van der Waals surface area contributed by atoms with Crippen molar-refractivity contribution >= 4 is 33.8 Å². The summed E-state index contributed by atoms with van der Waals surface area (Å²) in [7, 11) is 0. The first-order chi connectivity index (χ1) is 15.7.